The van der Waals surface area contributed by atoms with Crippen LogP contribution in [-0.2, 0) is 6.42 Å². The van der Waals surface area contributed by atoms with E-state index in [0.717, 1.165) is 51.9 Å². The van der Waals surface area contributed by atoms with Crippen molar-refractivity contribution in [2.45, 2.75) is 31.3 Å². The van der Waals surface area contributed by atoms with E-state index in [2.05, 4.69) is 94.7 Å². The first-order valence-electron chi connectivity index (χ1n) is 11.8. The molecule has 1 N–H and O–H groups in total. The van der Waals surface area contributed by atoms with E-state index in [1.54, 1.807) is 0 Å². The van der Waals surface area contributed by atoms with Gasteiger partial charge in [0.15, 0.2) is 0 Å². The second-order valence-electron chi connectivity index (χ2n) is 9.18. The van der Waals surface area contributed by atoms with Crippen LogP contribution in [0, 0.1) is 0 Å². The van der Waals surface area contributed by atoms with E-state index >= 15 is 0 Å². The highest BCUT2D eigenvalue weighted by Crippen LogP contribution is 2.36. The molecule has 0 unspecified atom stereocenters. The average Bonchev–Trinajstić information content (AvgIpc) is 2.98. The maximum absolute atomic E-state index is 11.1. The van der Waals surface area contributed by atoms with Gasteiger partial charge in [0.1, 0.15) is 0 Å². The van der Waals surface area contributed by atoms with Crippen LogP contribution >= 0.6 is 0 Å². The predicted octanol–water partition coefficient (Wildman–Crippen LogP) is 5.77. The van der Waals surface area contributed by atoms with E-state index in [1.165, 1.54) is 28.1 Å². The minimum Gasteiger partial charge on any atom is -0.389 e. The van der Waals surface area contributed by atoms with Gasteiger partial charge in [-0.05, 0) is 54.6 Å². The molecule has 5 rings (SSSR count). The van der Waals surface area contributed by atoms with Crippen molar-refractivity contribution in [1.82, 2.24) is 4.90 Å². The number of benzene rings is 3. The van der Waals surface area contributed by atoms with Gasteiger partial charge in [-0.15, -0.1) is 0 Å². The Morgan fingerprint density at radius 3 is 1.88 bits per heavy atom. The zero-order chi connectivity index (χ0) is 21.8. The lowest BCUT2D eigenvalue weighted by molar-refractivity contribution is -0.0206. The first-order valence-corrected chi connectivity index (χ1v) is 11.8. The Bertz CT molecular complexity index is 1020. The van der Waals surface area contributed by atoms with Crippen molar-refractivity contribution in [3.05, 3.63) is 95.6 Å². The summed E-state index contributed by atoms with van der Waals surface area (Å²) in [5.41, 5.74) is 5.77. The number of hydrogen-bond acceptors (Lipinski definition) is 3. The summed E-state index contributed by atoms with van der Waals surface area (Å²) >= 11 is 0. The van der Waals surface area contributed by atoms with Gasteiger partial charge < -0.3 is 14.9 Å². The van der Waals surface area contributed by atoms with E-state index in [1.807, 2.05) is 6.07 Å². The highest BCUT2D eigenvalue weighted by atomic mass is 16.3. The number of likely N-dealkylation sites (tertiary alicyclic amines) is 1. The molecular formula is C29H32N2O. The Morgan fingerprint density at radius 2 is 1.25 bits per heavy atom. The minimum atomic E-state index is -0.563. The lowest BCUT2D eigenvalue weighted by atomic mass is 9.85. The molecule has 1 fully saturated rings. The van der Waals surface area contributed by atoms with E-state index < -0.39 is 5.60 Å². The quantitative estimate of drug-likeness (QED) is 0.544. The van der Waals surface area contributed by atoms with Gasteiger partial charge >= 0.3 is 0 Å². The lowest BCUT2D eigenvalue weighted by Crippen LogP contribution is -2.46. The normalized spacial score (nSPS) is 17.5. The van der Waals surface area contributed by atoms with E-state index in [9.17, 15) is 5.11 Å². The number of fused-ring (bicyclic) bond motifs is 2. The number of para-hydroxylation sites is 2. The maximum Gasteiger partial charge on any atom is 0.0712 e. The Balaban J connectivity index is 1.20. The molecule has 2 heterocycles. The molecule has 32 heavy (non-hydrogen) atoms. The topological polar surface area (TPSA) is 26.7 Å². The van der Waals surface area contributed by atoms with Gasteiger partial charge in [0.25, 0.3) is 0 Å². The number of piperidine rings is 1. The number of anilines is 2. The molecule has 3 nitrogen and oxygen atoms in total. The summed E-state index contributed by atoms with van der Waals surface area (Å²) in [5, 5.41) is 11.1. The molecule has 2 aliphatic heterocycles. The third-order valence-electron chi connectivity index (χ3n) is 6.92. The van der Waals surface area contributed by atoms with E-state index in [4.69, 9.17) is 0 Å². The smallest absolute Gasteiger partial charge is 0.0712 e. The Morgan fingerprint density at radius 1 is 0.688 bits per heavy atom. The van der Waals surface area contributed by atoms with Gasteiger partial charge in [0, 0.05) is 37.4 Å². The maximum atomic E-state index is 11.1. The second-order valence-corrected chi connectivity index (χ2v) is 9.18. The molecule has 1 saturated heterocycles. The summed E-state index contributed by atoms with van der Waals surface area (Å²) in [6.07, 6.45) is 8.01. The Kier molecular flexibility index (Phi) is 6.11. The molecule has 3 heteroatoms. The number of hydrogen-bond donors (Lipinski definition) is 1. The summed E-state index contributed by atoms with van der Waals surface area (Å²) in [5.74, 6) is 0. The molecule has 0 aromatic heterocycles. The molecule has 0 aliphatic carbocycles. The predicted molar refractivity (Wildman–Crippen MR) is 134 cm³/mol. The number of nitrogens with zero attached hydrogens (tertiary/aromatic N) is 2. The van der Waals surface area contributed by atoms with Crippen LogP contribution in [0.3, 0.4) is 0 Å². The summed E-state index contributed by atoms with van der Waals surface area (Å²) in [7, 11) is 0. The monoisotopic (exact) mass is 424 g/mol. The number of rotatable bonds is 6. The first-order chi connectivity index (χ1) is 15.7. The van der Waals surface area contributed by atoms with Gasteiger partial charge in [-0.25, -0.2) is 0 Å². The van der Waals surface area contributed by atoms with Crippen molar-refractivity contribution in [1.29, 1.82) is 0 Å². The first kappa shape index (κ1) is 21.0. The minimum absolute atomic E-state index is 0.563. The fourth-order valence-electron chi connectivity index (χ4n) is 5.10. The molecule has 0 radical (unpaired) electrons. The van der Waals surface area contributed by atoms with Crippen LogP contribution in [0.25, 0.3) is 12.2 Å². The van der Waals surface area contributed by atoms with Crippen LogP contribution in [0.15, 0.2) is 78.9 Å². The van der Waals surface area contributed by atoms with Gasteiger partial charge in [-0.3, -0.25) is 0 Å². The average molecular weight is 425 g/mol. The zero-order valence-electron chi connectivity index (χ0n) is 18.7. The van der Waals surface area contributed by atoms with Gasteiger partial charge in [0.05, 0.1) is 5.60 Å². The highest BCUT2D eigenvalue weighted by Gasteiger charge is 2.32. The van der Waals surface area contributed by atoms with Gasteiger partial charge in [0.2, 0.25) is 0 Å². The van der Waals surface area contributed by atoms with Crippen molar-refractivity contribution in [2.24, 2.45) is 0 Å². The SMILES string of the molecule is OC1(Cc2ccccc2)CCN(CCCN2c3ccccc3C=Cc3ccccc32)CC1. The third-order valence-corrected chi connectivity index (χ3v) is 6.92. The molecular weight excluding hydrogens is 392 g/mol. The molecule has 0 atom stereocenters. The molecule has 3 aromatic carbocycles. The number of aliphatic hydroxyl groups is 1. The van der Waals surface area contributed by atoms with Gasteiger partial charge in [-0.2, -0.15) is 0 Å². The van der Waals surface area contributed by atoms with Crippen LogP contribution in [-0.4, -0.2) is 41.8 Å². The van der Waals surface area contributed by atoms with Gasteiger partial charge in [-0.1, -0.05) is 78.9 Å². The molecule has 164 valence electrons. The third kappa shape index (κ3) is 4.64. The van der Waals surface area contributed by atoms with Crippen LogP contribution in [0.1, 0.15) is 36.0 Å². The molecule has 0 saturated carbocycles. The van der Waals surface area contributed by atoms with E-state index in [-0.39, 0.29) is 0 Å². The Hall–Kier alpha value is -2.88. The highest BCUT2D eigenvalue weighted by molar-refractivity contribution is 5.88. The van der Waals surface area contributed by atoms with Crippen LogP contribution < -0.4 is 4.90 Å². The summed E-state index contributed by atoms with van der Waals surface area (Å²) in [4.78, 5) is 4.99. The largest absolute Gasteiger partial charge is 0.389 e. The van der Waals surface area contributed by atoms with Crippen molar-refractivity contribution >= 4 is 23.5 Å². The lowest BCUT2D eigenvalue weighted by Gasteiger charge is -2.38. The summed E-state index contributed by atoms with van der Waals surface area (Å²) in [6.45, 7) is 3.99. The zero-order valence-corrected chi connectivity index (χ0v) is 18.7. The molecule has 0 spiro atoms. The molecule has 3 aromatic rings. The van der Waals surface area contributed by atoms with Crippen molar-refractivity contribution in [3.8, 4) is 0 Å². The molecule has 0 bridgehead atoms. The van der Waals surface area contributed by atoms with E-state index in [0.29, 0.717) is 0 Å². The fourth-order valence-corrected chi connectivity index (χ4v) is 5.10. The van der Waals surface area contributed by atoms with Crippen molar-refractivity contribution < 1.29 is 5.11 Å². The summed E-state index contributed by atoms with van der Waals surface area (Å²) < 4.78 is 0. The van der Waals surface area contributed by atoms with Crippen LogP contribution in [0.5, 0.6) is 0 Å². The molecule has 0 amide bonds. The Labute approximate surface area is 191 Å². The van der Waals surface area contributed by atoms with Crippen molar-refractivity contribution in [2.75, 3.05) is 31.1 Å². The van der Waals surface area contributed by atoms with Crippen LogP contribution in [0.2, 0.25) is 0 Å². The summed E-state index contributed by atoms with van der Waals surface area (Å²) in [6, 6.07) is 27.7. The molecule has 2 aliphatic rings. The standard InChI is InChI=1S/C29H32N2O/c32-29(23-24-9-2-1-3-10-24)17-21-30(22-18-29)19-8-20-31-27-13-6-4-11-25(27)15-16-26-12-5-7-14-28(26)31/h1-7,9-16,32H,8,17-23H2. The fraction of sp³-hybridized carbons (Fsp3) is 0.310. The van der Waals surface area contributed by atoms with Crippen LogP contribution in [0.4, 0.5) is 11.4 Å². The second kappa shape index (κ2) is 9.32. The van der Waals surface area contributed by atoms with Crippen molar-refractivity contribution in [3.63, 3.8) is 0 Å².